The van der Waals surface area contributed by atoms with Gasteiger partial charge in [0.05, 0.1) is 0 Å². The van der Waals surface area contributed by atoms with Gasteiger partial charge in [0.1, 0.15) is 0 Å². The molecular weight excluding hydrogens is 140 g/mol. The van der Waals surface area contributed by atoms with Gasteiger partial charge >= 0.3 is 0 Å². The predicted molar refractivity (Wildman–Crippen MR) is 49.0 cm³/mol. The van der Waals surface area contributed by atoms with E-state index < -0.39 is 8.07 Å². The second kappa shape index (κ2) is 3.05. The van der Waals surface area contributed by atoms with Gasteiger partial charge in [0.2, 0.25) is 0 Å². The zero-order valence-corrected chi connectivity index (χ0v) is 8.86. The molecule has 0 fully saturated rings. The van der Waals surface area contributed by atoms with Crippen LogP contribution in [0.3, 0.4) is 0 Å². The third kappa shape index (κ3) is 5.00. The molecule has 0 spiro atoms. The first kappa shape index (κ1) is 10.2. The fraction of sp³-hybridized carbons (Fsp3) is 1.00. The third-order valence-electron chi connectivity index (χ3n) is 1.44. The Morgan fingerprint density at radius 2 is 1.60 bits per heavy atom. The summed E-state index contributed by atoms with van der Waals surface area (Å²) >= 11 is 0. The molecule has 0 aromatic heterocycles. The van der Waals surface area contributed by atoms with Crippen LogP contribution in [0.2, 0.25) is 25.7 Å². The summed E-state index contributed by atoms with van der Waals surface area (Å²) < 4.78 is 0. The lowest BCUT2D eigenvalue weighted by Gasteiger charge is -2.29. The van der Waals surface area contributed by atoms with Gasteiger partial charge in [-0.2, -0.15) is 0 Å². The van der Waals surface area contributed by atoms with Crippen LogP contribution in [0.4, 0.5) is 0 Å². The molecular formula is C8H20OSi. The summed E-state index contributed by atoms with van der Waals surface area (Å²) in [5.41, 5.74) is 0.143. The smallest absolute Gasteiger partial charge is 0.0479 e. The Morgan fingerprint density at radius 3 is 1.70 bits per heavy atom. The minimum Gasteiger partial charge on any atom is -0.396 e. The number of aliphatic hydroxyl groups is 1. The summed E-state index contributed by atoms with van der Waals surface area (Å²) in [5.74, 6) is 0. The van der Waals surface area contributed by atoms with Crippen molar-refractivity contribution in [2.24, 2.45) is 5.41 Å². The molecule has 2 heteroatoms. The van der Waals surface area contributed by atoms with Crippen LogP contribution >= 0.6 is 0 Å². The molecule has 0 rings (SSSR count). The molecule has 1 nitrogen and oxygen atoms in total. The minimum absolute atomic E-state index is 0.143. The molecule has 0 atom stereocenters. The third-order valence-corrected chi connectivity index (χ3v) is 3.45. The topological polar surface area (TPSA) is 20.2 Å². The molecule has 0 aliphatic carbocycles. The lowest BCUT2D eigenvalue weighted by Crippen LogP contribution is -2.30. The highest BCUT2D eigenvalue weighted by Gasteiger charge is 2.25. The Hall–Kier alpha value is 0.177. The average molecular weight is 160 g/mol. The Morgan fingerprint density at radius 1 is 1.20 bits per heavy atom. The summed E-state index contributed by atoms with van der Waals surface area (Å²) in [6, 6.07) is 1.20. The zero-order valence-electron chi connectivity index (χ0n) is 7.86. The summed E-state index contributed by atoms with van der Waals surface area (Å²) in [6.07, 6.45) is 0. The number of hydrogen-bond donors (Lipinski definition) is 1. The van der Waals surface area contributed by atoms with Crippen LogP contribution < -0.4 is 0 Å². The Bertz CT molecular complexity index is 102. The van der Waals surface area contributed by atoms with Gasteiger partial charge in [-0.1, -0.05) is 39.5 Å². The number of aliphatic hydroxyl groups excluding tert-OH is 1. The molecule has 0 radical (unpaired) electrons. The van der Waals surface area contributed by atoms with Crippen molar-refractivity contribution in [3.8, 4) is 0 Å². The van der Waals surface area contributed by atoms with E-state index in [1.165, 1.54) is 6.04 Å². The van der Waals surface area contributed by atoms with Crippen LogP contribution in [0.5, 0.6) is 0 Å². The lowest BCUT2D eigenvalue weighted by molar-refractivity contribution is 0.175. The maximum absolute atomic E-state index is 8.98. The molecule has 10 heavy (non-hydrogen) atoms. The van der Waals surface area contributed by atoms with Gasteiger partial charge in [0.15, 0.2) is 0 Å². The van der Waals surface area contributed by atoms with E-state index >= 15 is 0 Å². The highest BCUT2D eigenvalue weighted by molar-refractivity contribution is 6.76. The highest BCUT2D eigenvalue weighted by Crippen LogP contribution is 2.27. The van der Waals surface area contributed by atoms with E-state index in [1.807, 2.05) is 0 Å². The molecule has 0 unspecified atom stereocenters. The van der Waals surface area contributed by atoms with Crippen molar-refractivity contribution < 1.29 is 5.11 Å². The molecule has 1 N–H and O–H groups in total. The standard InChI is InChI=1S/C8H20OSi/c1-8(2,6-9)7-10(3,4)5/h9H,6-7H2,1-5H3. The Labute approximate surface area is 65.5 Å². The van der Waals surface area contributed by atoms with Gasteiger partial charge in [-0.25, -0.2) is 0 Å². The molecule has 0 saturated carbocycles. The van der Waals surface area contributed by atoms with Crippen molar-refractivity contribution in [1.82, 2.24) is 0 Å². The van der Waals surface area contributed by atoms with Crippen molar-refractivity contribution in [1.29, 1.82) is 0 Å². The van der Waals surface area contributed by atoms with E-state index in [4.69, 9.17) is 5.11 Å². The van der Waals surface area contributed by atoms with Crippen LogP contribution in [0.15, 0.2) is 0 Å². The summed E-state index contributed by atoms with van der Waals surface area (Å²) in [4.78, 5) is 0. The second-order valence-electron chi connectivity index (χ2n) is 5.06. The summed E-state index contributed by atoms with van der Waals surface area (Å²) in [6.45, 7) is 11.6. The van der Waals surface area contributed by atoms with Crippen molar-refractivity contribution in [2.75, 3.05) is 6.61 Å². The molecule has 0 aliphatic heterocycles. The molecule has 0 aliphatic rings. The predicted octanol–water partition coefficient (Wildman–Crippen LogP) is 2.34. The van der Waals surface area contributed by atoms with Crippen molar-refractivity contribution in [2.45, 2.75) is 39.5 Å². The van der Waals surface area contributed by atoms with Crippen molar-refractivity contribution in [3.63, 3.8) is 0 Å². The van der Waals surface area contributed by atoms with E-state index in [0.29, 0.717) is 6.61 Å². The first-order valence-corrected chi connectivity index (χ1v) is 7.58. The van der Waals surface area contributed by atoms with Crippen LogP contribution in [0, 0.1) is 5.41 Å². The number of hydrogen-bond acceptors (Lipinski definition) is 1. The number of rotatable bonds is 3. The van der Waals surface area contributed by atoms with Crippen molar-refractivity contribution in [3.05, 3.63) is 0 Å². The maximum Gasteiger partial charge on any atom is 0.0479 e. The van der Waals surface area contributed by atoms with E-state index in [-0.39, 0.29) is 5.41 Å². The summed E-state index contributed by atoms with van der Waals surface area (Å²) in [7, 11) is -0.974. The normalized spacial score (nSPS) is 13.8. The molecule has 0 amide bonds. The Balaban J connectivity index is 3.89. The van der Waals surface area contributed by atoms with Gasteiger partial charge in [-0.3, -0.25) is 0 Å². The van der Waals surface area contributed by atoms with Gasteiger partial charge in [0.25, 0.3) is 0 Å². The van der Waals surface area contributed by atoms with E-state index in [1.54, 1.807) is 0 Å². The zero-order chi connectivity index (χ0) is 8.41. The highest BCUT2D eigenvalue weighted by atomic mass is 28.3. The fourth-order valence-corrected chi connectivity index (χ4v) is 4.47. The van der Waals surface area contributed by atoms with Crippen LogP contribution in [0.25, 0.3) is 0 Å². The molecule has 0 saturated heterocycles. The lowest BCUT2D eigenvalue weighted by atomic mass is 9.98. The van der Waals surface area contributed by atoms with Gasteiger partial charge in [-0.15, -0.1) is 0 Å². The maximum atomic E-state index is 8.98. The largest absolute Gasteiger partial charge is 0.396 e. The van der Waals surface area contributed by atoms with Crippen LogP contribution in [-0.2, 0) is 0 Å². The van der Waals surface area contributed by atoms with E-state index in [2.05, 4.69) is 33.5 Å². The SMILES string of the molecule is CC(C)(CO)C[Si](C)(C)C. The van der Waals surface area contributed by atoms with Gasteiger partial charge < -0.3 is 5.11 Å². The van der Waals surface area contributed by atoms with E-state index in [9.17, 15) is 0 Å². The van der Waals surface area contributed by atoms with Crippen molar-refractivity contribution >= 4 is 8.07 Å². The minimum atomic E-state index is -0.974. The quantitative estimate of drug-likeness (QED) is 0.628. The second-order valence-corrected chi connectivity index (χ2v) is 10.5. The van der Waals surface area contributed by atoms with Crippen LogP contribution in [-0.4, -0.2) is 19.8 Å². The Kier molecular flexibility index (Phi) is 3.11. The fourth-order valence-electron chi connectivity index (χ4n) is 1.49. The first-order valence-electron chi connectivity index (χ1n) is 3.88. The van der Waals surface area contributed by atoms with Crippen LogP contribution in [0.1, 0.15) is 13.8 Å². The monoisotopic (exact) mass is 160 g/mol. The van der Waals surface area contributed by atoms with E-state index in [0.717, 1.165) is 0 Å². The molecule has 0 bridgehead atoms. The average Bonchev–Trinajstić information content (AvgIpc) is 1.60. The molecule has 0 heterocycles. The molecule has 0 aromatic rings. The summed E-state index contributed by atoms with van der Waals surface area (Å²) in [5, 5.41) is 8.98. The molecule has 0 aromatic carbocycles. The van der Waals surface area contributed by atoms with Gasteiger partial charge in [-0.05, 0) is 5.41 Å². The first-order chi connectivity index (χ1) is 4.27. The molecule has 62 valence electrons. The van der Waals surface area contributed by atoms with Gasteiger partial charge in [0, 0.05) is 14.7 Å².